The van der Waals surface area contributed by atoms with Gasteiger partial charge in [0, 0.05) is 44.2 Å². The van der Waals surface area contributed by atoms with Crippen LogP contribution >= 0.6 is 0 Å². The van der Waals surface area contributed by atoms with E-state index in [9.17, 15) is 0 Å². The zero-order valence-electron chi connectivity index (χ0n) is 45.7. The average Bonchev–Trinajstić information content (AvgIpc) is 0.924. The minimum Gasteiger partial charge on any atom is -0.456 e. The summed E-state index contributed by atoms with van der Waals surface area (Å²) in [5.74, 6) is 0.0177. The summed E-state index contributed by atoms with van der Waals surface area (Å²) in [4.78, 5) is 0. The van der Waals surface area contributed by atoms with E-state index >= 15 is 0 Å². The number of nitrogens with zero attached hydrogens (tertiary/aromatic N) is 1. The average molecular weight is 1090 g/mol. The maximum atomic E-state index is 6.40. The van der Waals surface area contributed by atoms with Crippen LogP contribution in [0.4, 0.5) is 0 Å². The molecule has 3 aliphatic rings. The molecule has 0 aliphatic heterocycles. The standard InChI is InChI=1S/C80H51NO2Si/c1-4-21-53(22-5-1)84(54-23-6-2-7-24-54,55-25-8-3-9-26-55)75-40-20-35-64-77-61-30-10-11-31-62(61)80(79(64)75)78-63(77)34-19-37-70(78)81-68-36-15-12-27-58(68)65-49-52(41-44-69(65)81)76-56(50-42-45-73-66(47-50)59-28-13-16-38-71(59)82-73)32-18-33-57(76)51-43-46-74-67(48-51)60-29-14-17-39-72(60)83-74/h1-49,77,80H. The van der Waals surface area contributed by atoms with Crippen molar-refractivity contribution in [3.8, 4) is 39.1 Å². The lowest BCUT2D eigenvalue weighted by molar-refractivity contribution is 0.668. The summed E-state index contributed by atoms with van der Waals surface area (Å²) in [6, 6.07) is 111. The van der Waals surface area contributed by atoms with Gasteiger partial charge < -0.3 is 13.4 Å². The van der Waals surface area contributed by atoms with Crippen molar-refractivity contribution in [2.24, 2.45) is 0 Å². The van der Waals surface area contributed by atoms with Gasteiger partial charge in [0.25, 0.3) is 0 Å². The van der Waals surface area contributed by atoms with Crippen molar-refractivity contribution in [1.82, 2.24) is 4.57 Å². The summed E-state index contributed by atoms with van der Waals surface area (Å²) in [5.41, 5.74) is 22.5. The van der Waals surface area contributed by atoms with Gasteiger partial charge in [-0.25, -0.2) is 0 Å². The monoisotopic (exact) mass is 1090 g/mol. The quantitative estimate of drug-likeness (QED) is 0.112. The topological polar surface area (TPSA) is 31.2 Å². The predicted molar refractivity (Wildman–Crippen MR) is 350 cm³/mol. The molecule has 2 unspecified atom stereocenters. The molecule has 3 nitrogen and oxygen atoms in total. The van der Waals surface area contributed by atoms with E-state index in [1.165, 1.54) is 87.2 Å². The molecule has 84 heavy (non-hydrogen) atoms. The van der Waals surface area contributed by atoms with Crippen LogP contribution in [-0.4, -0.2) is 12.6 Å². The Hall–Kier alpha value is -10.5. The molecule has 0 spiro atoms. The summed E-state index contributed by atoms with van der Waals surface area (Å²) >= 11 is 0. The molecule has 4 heteroatoms. The van der Waals surface area contributed by atoms with Crippen LogP contribution in [0.2, 0.25) is 0 Å². The van der Waals surface area contributed by atoms with Crippen molar-refractivity contribution < 1.29 is 8.83 Å². The predicted octanol–water partition coefficient (Wildman–Crippen LogP) is 17.9. The van der Waals surface area contributed by atoms with Gasteiger partial charge in [0.15, 0.2) is 8.07 Å². The van der Waals surface area contributed by atoms with E-state index in [2.05, 4.69) is 290 Å². The molecule has 16 aromatic rings. The van der Waals surface area contributed by atoms with Crippen molar-refractivity contribution in [1.29, 1.82) is 0 Å². The summed E-state index contributed by atoms with van der Waals surface area (Å²) in [6.07, 6.45) is 0. The van der Waals surface area contributed by atoms with Crippen LogP contribution in [0.5, 0.6) is 0 Å². The number of hydrogen-bond acceptors (Lipinski definition) is 2. The Bertz CT molecular complexity index is 5110. The highest BCUT2D eigenvalue weighted by Crippen LogP contribution is 2.58. The maximum Gasteiger partial charge on any atom is 0.179 e. The van der Waals surface area contributed by atoms with Crippen molar-refractivity contribution in [2.75, 3.05) is 0 Å². The first-order valence-corrected chi connectivity index (χ1v) is 31.2. The second-order valence-corrected chi connectivity index (χ2v) is 26.6. The van der Waals surface area contributed by atoms with Crippen LogP contribution in [0.15, 0.2) is 306 Å². The molecule has 2 bridgehead atoms. The van der Waals surface area contributed by atoms with Gasteiger partial charge in [-0.05, 0) is 148 Å². The Morgan fingerprint density at radius 1 is 0.286 bits per heavy atom. The van der Waals surface area contributed by atoms with Crippen molar-refractivity contribution in [2.45, 2.75) is 11.8 Å². The Morgan fingerprint density at radius 2 is 0.726 bits per heavy atom. The molecule has 19 rings (SSSR count). The van der Waals surface area contributed by atoms with Crippen LogP contribution in [0.25, 0.3) is 105 Å². The van der Waals surface area contributed by atoms with Gasteiger partial charge in [-0.1, -0.05) is 237 Å². The third-order valence-electron chi connectivity index (χ3n) is 18.7. The van der Waals surface area contributed by atoms with Gasteiger partial charge in [0.2, 0.25) is 0 Å². The Morgan fingerprint density at radius 3 is 1.33 bits per heavy atom. The molecular formula is C80H51NO2Si. The molecule has 0 amide bonds. The largest absolute Gasteiger partial charge is 0.456 e. The van der Waals surface area contributed by atoms with Crippen LogP contribution in [0.3, 0.4) is 0 Å². The van der Waals surface area contributed by atoms with Gasteiger partial charge in [-0.15, -0.1) is 0 Å². The van der Waals surface area contributed by atoms with Gasteiger partial charge >= 0.3 is 0 Å². The molecule has 2 atom stereocenters. The SMILES string of the molecule is c1ccc([Si](c2ccccc2)(c2ccccc2)c2cccc3c2C2c4ccccc4C3c3cccc(-n4c5ccccc5c5cc(-c6c(-c7ccc8oc9ccccc9c8c7)cccc6-c6ccc7oc8ccccc8c7c6)ccc54)c32)cc1. The van der Waals surface area contributed by atoms with Crippen LogP contribution in [0, 0.1) is 0 Å². The summed E-state index contributed by atoms with van der Waals surface area (Å²) < 4.78 is 15.4. The van der Waals surface area contributed by atoms with E-state index in [0.29, 0.717) is 0 Å². The number of benzene rings is 13. The van der Waals surface area contributed by atoms with Crippen LogP contribution in [-0.2, 0) is 0 Å². The molecule has 0 saturated heterocycles. The second kappa shape index (κ2) is 18.2. The van der Waals surface area contributed by atoms with Crippen molar-refractivity contribution in [3.63, 3.8) is 0 Å². The summed E-state index contributed by atoms with van der Waals surface area (Å²) in [6.45, 7) is 0. The Labute approximate surface area is 486 Å². The van der Waals surface area contributed by atoms with Crippen molar-refractivity contribution in [3.05, 3.63) is 331 Å². The molecule has 392 valence electrons. The first kappa shape index (κ1) is 47.1. The van der Waals surface area contributed by atoms with E-state index in [-0.39, 0.29) is 11.8 Å². The lowest BCUT2D eigenvalue weighted by atomic mass is 9.60. The highest BCUT2D eigenvalue weighted by molar-refractivity contribution is 7.20. The third kappa shape index (κ3) is 6.68. The minimum absolute atomic E-state index is 0.0362. The van der Waals surface area contributed by atoms with E-state index in [4.69, 9.17) is 8.83 Å². The molecule has 0 saturated carbocycles. The highest BCUT2D eigenvalue weighted by atomic mass is 28.3. The zero-order chi connectivity index (χ0) is 55.0. The number of rotatable bonds is 8. The number of furan rings is 2. The fourth-order valence-corrected chi connectivity index (χ4v) is 20.4. The molecule has 13 aromatic carbocycles. The fraction of sp³-hybridized carbons (Fsp3) is 0.0250. The lowest BCUT2D eigenvalue weighted by Gasteiger charge is -2.46. The Kier molecular flexibility index (Phi) is 10.2. The number of fused-ring (bicyclic) bond motifs is 9. The first-order chi connectivity index (χ1) is 41.7. The number of para-hydroxylation sites is 3. The van der Waals surface area contributed by atoms with Gasteiger partial charge in [0.1, 0.15) is 22.3 Å². The van der Waals surface area contributed by atoms with E-state index < -0.39 is 8.07 Å². The Balaban J connectivity index is 0.879. The van der Waals surface area contributed by atoms with Gasteiger partial charge in [-0.2, -0.15) is 0 Å². The maximum absolute atomic E-state index is 6.40. The zero-order valence-corrected chi connectivity index (χ0v) is 46.7. The number of hydrogen-bond donors (Lipinski definition) is 0. The molecular weight excluding hydrogens is 1030 g/mol. The lowest BCUT2D eigenvalue weighted by Crippen LogP contribution is -2.75. The molecule has 3 heterocycles. The number of aromatic nitrogens is 1. The van der Waals surface area contributed by atoms with Gasteiger partial charge in [0.05, 0.1) is 16.7 Å². The van der Waals surface area contributed by atoms with E-state index in [1.807, 2.05) is 12.1 Å². The second-order valence-electron chi connectivity index (χ2n) is 22.9. The summed E-state index contributed by atoms with van der Waals surface area (Å²) in [5, 5.41) is 12.5. The van der Waals surface area contributed by atoms with E-state index in [0.717, 1.165) is 71.7 Å². The molecule has 3 aromatic heterocycles. The molecule has 0 radical (unpaired) electrons. The van der Waals surface area contributed by atoms with Crippen LogP contribution in [0.1, 0.15) is 45.2 Å². The van der Waals surface area contributed by atoms with Crippen LogP contribution < -0.4 is 20.7 Å². The highest BCUT2D eigenvalue weighted by Gasteiger charge is 2.50. The molecule has 0 N–H and O–H groups in total. The van der Waals surface area contributed by atoms with Gasteiger partial charge in [-0.3, -0.25) is 0 Å². The summed E-state index contributed by atoms with van der Waals surface area (Å²) in [7, 11) is -2.99. The van der Waals surface area contributed by atoms with Crippen molar-refractivity contribution >= 4 is 94.5 Å². The first-order valence-electron chi connectivity index (χ1n) is 29.2. The minimum atomic E-state index is -2.99. The smallest absolute Gasteiger partial charge is 0.179 e. The third-order valence-corrected chi connectivity index (χ3v) is 23.6. The molecule has 3 aliphatic carbocycles. The fourth-order valence-electron chi connectivity index (χ4n) is 15.4. The molecule has 0 fully saturated rings. The normalized spacial score (nSPS) is 14.4. The van der Waals surface area contributed by atoms with E-state index in [1.54, 1.807) is 0 Å².